The predicted octanol–water partition coefficient (Wildman–Crippen LogP) is 0.769. The molecule has 0 bridgehead atoms. The summed E-state index contributed by atoms with van der Waals surface area (Å²) in [5.74, 6) is -1.17. The lowest BCUT2D eigenvalue weighted by Crippen LogP contribution is -2.21. The maximum atomic E-state index is 10.7. The third kappa shape index (κ3) is 2.71. The van der Waals surface area contributed by atoms with Crippen LogP contribution in [0.3, 0.4) is 0 Å². The van der Waals surface area contributed by atoms with E-state index in [4.69, 9.17) is 5.11 Å². The number of nitrogens with one attached hydrogen (secondary N) is 1. The van der Waals surface area contributed by atoms with Gasteiger partial charge in [0.2, 0.25) is 11.6 Å². The van der Waals surface area contributed by atoms with E-state index in [-0.39, 0.29) is 18.2 Å². The highest BCUT2D eigenvalue weighted by atomic mass is 16.6. The van der Waals surface area contributed by atoms with E-state index < -0.39 is 16.8 Å². The Morgan fingerprint density at radius 2 is 2.29 bits per heavy atom. The zero-order valence-electron chi connectivity index (χ0n) is 9.80. The summed E-state index contributed by atoms with van der Waals surface area (Å²) in [6.45, 7) is 3.26. The Kier molecular flexibility index (Phi) is 3.66. The van der Waals surface area contributed by atoms with Crippen LogP contribution < -0.4 is 5.32 Å². The quantitative estimate of drug-likeness (QED) is 0.582. The van der Waals surface area contributed by atoms with Crippen LogP contribution in [-0.4, -0.2) is 32.1 Å². The monoisotopic (exact) mass is 242 g/mol. The van der Waals surface area contributed by atoms with E-state index in [1.807, 2.05) is 0 Å². The minimum atomic E-state index is -0.959. The number of aliphatic carboxylic acids is 1. The van der Waals surface area contributed by atoms with Crippen LogP contribution in [0.4, 0.5) is 11.6 Å². The van der Waals surface area contributed by atoms with Crippen molar-refractivity contribution in [3.8, 4) is 0 Å². The van der Waals surface area contributed by atoms with Gasteiger partial charge in [-0.15, -0.1) is 0 Å². The van der Waals surface area contributed by atoms with Crippen LogP contribution in [0.15, 0.2) is 0 Å². The van der Waals surface area contributed by atoms with Crippen molar-refractivity contribution >= 4 is 17.6 Å². The molecule has 8 heteroatoms. The fraction of sp³-hybridized carbons (Fsp3) is 0.556. The summed E-state index contributed by atoms with van der Waals surface area (Å²) >= 11 is 0. The summed E-state index contributed by atoms with van der Waals surface area (Å²) in [5.41, 5.74) is 0. The number of anilines is 1. The minimum Gasteiger partial charge on any atom is -0.481 e. The van der Waals surface area contributed by atoms with E-state index in [2.05, 4.69) is 10.3 Å². The molecule has 0 saturated carbocycles. The third-order valence-electron chi connectivity index (χ3n) is 2.47. The average molecular weight is 242 g/mol. The Balaban J connectivity index is 2.90. The van der Waals surface area contributed by atoms with Crippen molar-refractivity contribution < 1.29 is 14.8 Å². The molecule has 1 unspecified atom stereocenters. The van der Waals surface area contributed by atoms with E-state index >= 15 is 0 Å². The molecule has 1 heterocycles. The lowest BCUT2D eigenvalue weighted by atomic mass is 10.2. The number of hydrogen-bond donors (Lipinski definition) is 2. The molecule has 2 N–H and O–H groups in total. The van der Waals surface area contributed by atoms with Crippen LogP contribution >= 0.6 is 0 Å². The van der Waals surface area contributed by atoms with Crippen molar-refractivity contribution in [1.29, 1.82) is 0 Å². The molecule has 0 aliphatic rings. The summed E-state index contributed by atoms with van der Waals surface area (Å²) in [7, 11) is 1.63. The summed E-state index contributed by atoms with van der Waals surface area (Å²) < 4.78 is 1.52. The topological polar surface area (TPSA) is 110 Å². The molecular weight excluding hydrogens is 228 g/mol. The van der Waals surface area contributed by atoms with Gasteiger partial charge < -0.3 is 20.5 Å². The SMILES string of the molecule is Cc1nc([N+](=O)[O-])c(NCC(C)C(=O)O)n1C. The molecule has 1 aromatic heterocycles. The number of nitro groups is 1. The van der Waals surface area contributed by atoms with Crippen molar-refractivity contribution in [2.75, 3.05) is 11.9 Å². The van der Waals surface area contributed by atoms with E-state index in [0.29, 0.717) is 5.82 Å². The van der Waals surface area contributed by atoms with Gasteiger partial charge in [0.05, 0.1) is 5.92 Å². The zero-order chi connectivity index (χ0) is 13.2. The second-order valence-electron chi connectivity index (χ2n) is 3.77. The largest absolute Gasteiger partial charge is 0.481 e. The minimum absolute atomic E-state index is 0.106. The van der Waals surface area contributed by atoms with Gasteiger partial charge in [0.25, 0.3) is 0 Å². The van der Waals surface area contributed by atoms with Gasteiger partial charge >= 0.3 is 11.8 Å². The molecule has 1 aromatic rings. The van der Waals surface area contributed by atoms with Gasteiger partial charge in [-0.3, -0.25) is 9.36 Å². The fourth-order valence-corrected chi connectivity index (χ4v) is 1.26. The number of carboxylic acid groups (broad SMARTS) is 1. The Hall–Kier alpha value is -2.12. The normalized spacial score (nSPS) is 12.2. The van der Waals surface area contributed by atoms with Gasteiger partial charge in [-0.05, 0) is 9.91 Å². The van der Waals surface area contributed by atoms with E-state index in [9.17, 15) is 14.9 Å². The maximum Gasteiger partial charge on any atom is 0.406 e. The Labute approximate surface area is 97.4 Å². The molecule has 94 valence electrons. The molecule has 0 aliphatic carbocycles. The van der Waals surface area contributed by atoms with E-state index in [0.717, 1.165) is 0 Å². The third-order valence-corrected chi connectivity index (χ3v) is 2.47. The number of rotatable bonds is 5. The second-order valence-corrected chi connectivity index (χ2v) is 3.77. The number of hydrogen-bond acceptors (Lipinski definition) is 5. The highest BCUT2D eigenvalue weighted by Crippen LogP contribution is 2.23. The van der Waals surface area contributed by atoms with E-state index in [1.54, 1.807) is 14.0 Å². The molecule has 0 amide bonds. The molecule has 1 atom stereocenters. The second kappa shape index (κ2) is 4.81. The molecule has 0 spiro atoms. The number of aryl methyl sites for hydroxylation is 1. The standard InChI is InChI=1S/C9H14N4O4/c1-5(9(14)15)4-10-7-8(13(16)17)11-6(2)12(7)3/h5,10H,4H2,1-3H3,(H,14,15). The molecule has 8 nitrogen and oxygen atoms in total. The zero-order valence-corrected chi connectivity index (χ0v) is 9.80. The Bertz CT molecular complexity index is 454. The average Bonchev–Trinajstić information content (AvgIpc) is 2.52. The van der Waals surface area contributed by atoms with Crippen LogP contribution in [-0.2, 0) is 11.8 Å². The van der Waals surface area contributed by atoms with Crippen LogP contribution in [0.1, 0.15) is 12.7 Å². The first-order chi connectivity index (χ1) is 7.84. The molecule has 0 radical (unpaired) electrons. The number of imidazole rings is 1. The number of nitrogens with zero attached hydrogens (tertiary/aromatic N) is 3. The van der Waals surface area contributed by atoms with Crippen LogP contribution in [0.25, 0.3) is 0 Å². The first-order valence-corrected chi connectivity index (χ1v) is 4.99. The number of carbonyl (C=O) groups is 1. The predicted molar refractivity (Wildman–Crippen MR) is 59.9 cm³/mol. The molecule has 0 aliphatic heterocycles. The Morgan fingerprint density at radius 3 is 2.76 bits per heavy atom. The molecule has 0 saturated heterocycles. The summed E-state index contributed by atoms with van der Waals surface area (Å²) in [4.78, 5) is 24.6. The molecular formula is C9H14N4O4. The van der Waals surface area contributed by atoms with Crippen molar-refractivity contribution in [2.24, 2.45) is 13.0 Å². The first kappa shape index (κ1) is 12.9. The van der Waals surface area contributed by atoms with Gasteiger partial charge in [0.15, 0.2) is 0 Å². The number of carboxylic acids is 1. The van der Waals surface area contributed by atoms with Gasteiger partial charge in [-0.1, -0.05) is 6.92 Å². The van der Waals surface area contributed by atoms with Crippen molar-refractivity contribution in [3.63, 3.8) is 0 Å². The van der Waals surface area contributed by atoms with Crippen LogP contribution in [0, 0.1) is 23.0 Å². The van der Waals surface area contributed by atoms with Gasteiger partial charge in [-0.25, -0.2) is 0 Å². The molecule has 17 heavy (non-hydrogen) atoms. The summed E-state index contributed by atoms with van der Waals surface area (Å²) in [6, 6.07) is 0. The van der Waals surface area contributed by atoms with E-state index in [1.165, 1.54) is 11.5 Å². The lowest BCUT2D eigenvalue weighted by Gasteiger charge is -2.09. The molecule has 0 aromatic carbocycles. The highest BCUT2D eigenvalue weighted by molar-refractivity contribution is 5.70. The maximum absolute atomic E-state index is 10.7. The summed E-state index contributed by atoms with van der Waals surface area (Å²) in [5, 5.41) is 22.2. The molecule has 1 rings (SSSR count). The van der Waals surface area contributed by atoms with Gasteiger partial charge in [0.1, 0.15) is 0 Å². The number of aromatic nitrogens is 2. The van der Waals surface area contributed by atoms with Crippen molar-refractivity contribution in [3.05, 3.63) is 15.9 Å². The van der Waals surface area contributed by atoms with Crippen molar-refractivity contribution in [2.45, 2.75) is 13.8 Å². The Morgan fingerprint density at radius 1 is 1.71 bits per heavy atom. The van der Waals surface area contributed by atoms with Crippen LogP contribution in [0.5, 0.6) is 0 Å². The van der Waals surface area contributed by atoms with Gasteiger partial charge in [0, 0.05) is 20.5 Å². The highest BCUT2D eigenvalue weighted by Gasteiger charge is 2.24. The van der Waals surface area contributed by atoms with Crippen molar-refractivity contribution in [1.82, 2.24) is 9.55 Å². The fourth-order valence-electron chi connectivity index (χ4n) is 1.26. The van der Waals surface area contributed by atoms with Gasteiger partial charge in [-0.2, -0.15) is 0 Å². The smallest absolute Gasteiger partial charge is 0.406 e. The summed E-state index contributed by atoms with van der Waals surface area (Å²) in [6.07, 6.45) is 0. The molecule has 0 fully saturated rings. The first-order valence-electron chi connectivity index (χ1n) is 4.99. The van der Waals surface area contributed by atoms with Crippen LogP contribution in [0.2, 0.25) is 0 Å². The lowest BCUT2D eigenvalue weighted by molar-refractivity contribution is -0.388.